The van der Waals surface area contributed by atoms with Gasteiger partial charge in [0.2, 0.25) is 0 Å². The molecule has 0 fully saturated rings. The molecule has 0 bridgehead atoms. The fourth-order valence-electron chi connectivity index (χ4n) is 2.55. The molecule has 0 atom stereocenters. The number of sulfone groups is 1. The van der Waals surface area contributed by atoms with Gasteiger partial charge in [0.25, 0.3) is 0 Å². The third kappa shape index (κ3) is 6.02. The molecule has 0 amide bonds. The Morgan fingerprint density at radius 3 is 2.12 bits per heavy atom. The lowest BCUT2D eigenvalue weighted by molar-refractivity contribution is -0.139. The van der Waals surface area contributed by atoms with E-state index in [9.17, 15) is 13.2 Å². The van der Waals surface area contributed by atoms with Crippen molar-refractivity contribution in [1.82, 2.24) is 0 Å². The average molecular weight is 360 g/mol. The third-order valence-electron chi connectivity index (χ3n) is 4.11. The SMILES string of the molecule is COC(=O)Cc1ccc(CCCCS(=O)(=O)c2ccc(C)cc2)cc1. The summed E-state index contributed by atoms with van der Waals surface area (Å²) < 4.78 is 29.2. The van der Waals surface area contributed by atoms with Crippen molar-refractivity contribution in [2.24, 2.45) is 0 Å². The van der Waals surface area contributed by atoms with E-state index in [0.29, 0.717) is 11.3 Å². The van der Waals surface area contributed by atoms with Crippen LogP contribution >= 0.6 is 0 Å². The van der Waals surface area contributed by atoms with Crippen LogP contribution in [0.3, 0.4) is 0 Å². The summed E-state index contributed by atoms with van der Waals surface area (Å²) in [6.07, 6.45) is 2.52. The molecule has 4 nitrogen and oxygen atoms in total. The van der Waals surface area contributed by atoms with E-state index in [2.05, 4.69) is 4.74 Å². The first kappa shape index (κ1) is 19.2. The van der Waals surface area contributed by atoms with Gasteiger partial charge >= 0.3 is 5.97 Å². The molecule has 0 aliphatic rings. The van der Waals surface area contributed by atoms with Gasteiger partial charge < -0.3 is 4.74 Å². The second-order valence-corrected chi connectivity index (χ2v) is 8.27. The fourth-order valence-corrected chi connectivity index (χ4v) is 3.92. The largest absolute Gasteiger partial charge is 0.469 e. The first-order chi connectivity index (χ1) is 11.9. The smallest absolute Gasteiger partial charge is 0.309 e. The van der Waals surface area contributed by atoms with Gasteiger partial charge in [-0.05, 0) is 49.4 Å². The Labute approximate surface area is 149 Å². The van der Waals surface area contributed by atoms with Crippen LogP contribution < -0.4 is 0 Å². The molecule has 0 heterocycles. The number of hydrogen-bond donors (Lipinski definition) is 0. The highest BCUT2D eigenvalue weighted by atomic mass is 32.2. The minimum atomic E-state index is -3.21. The van der Waals surface area contributed by atoms with Crippen LogP contribution in [0.15, 0.2) is 53.4 Å². The molecule has 2 rings (SSSR count). The molecule has 5 heteroatoms. The number of ether oxygens (including phenoxy) is 1. The topological polar surface area (TPSA) is 60.4 Å². The van der Waals surface area contributed by atoms with Gasteiger partial charge in [-0.15, -0.1) is 0 Å². The van der Waals surface area contributed by atoms with Crippen molar-refractivity contribution in [3.05, 3.63) is 65.2 Å². The summed E-state index contributed by atoms with van der Waals surface area (Å²) in [6, 6.07) is 14.8. The number of benzene rings is 2. The molecule has 0 unspecified atom stereocenters. The lowest BCUT2D eigenvalue weighted by atomic mass is 10.1. The van der Waals surface area contributed by atoms with Crippen LogP contribution in [0.2, 0.25) is 0 Å². The van der Waals surface area contributed by atoms with Gasteiger partial charge in [-0.2, -0.15) is 0 Å². The quantitative estimate of drug-likeness (QED) is 0.534. The number of carbonyl (C=O) groups excluding carboxylic acids is 1. The molecular weight excluding hydrogens is 336 g/mol. The summed E-state index contributed by atoms with van der Waals surface area (Å²) in [7, 11) is -1.83. The number of hydrogen-bond acceptors (Lipinski definition) is 4. The maximum absolute atomic E-state index is 12.3. The summed E-state index contributed by atoms with van der Waals surface area (Å²) in [5.41, 5.74) is 3.11. The summed E-state index contributed by atoms with van der Waals surface area (Å²) >= 11 is 0. The second-order valence-electron chi connectivity index (χ2n) is 6.16. The molecular formula is C20H24O4S. The van der Waals surface area contributed by atoms with Gasteiger partial charge in [0.1, 0.15) is 0 Å². The van der Waals surface area contributed by atoms with Crippen LogP contribution in [-0.4, -0.2) is 27.2 Å². The van der Waals surface area contributed by atoms with E-state index in [1.165, 1.54) is 7.11 Å². The third-order valence-corrected chi connectivity index (χ3v) is 5.92. The monoisotopic (exact) mass is 360 g/mol. The standard InChI is InChI=1S/C20H24O4S/c1-16-6-12-19(13-7-16)25(22,23)14-4-3-5-17-8-10-18(11-9-17)15-20(21)24-2/h6-13H,3-5,14-15H2,1-2H3. The predicted octanol–water partition coefficient (Wildman–Crippen LogP) is 3.51. The maximum atomic E-state index is 12.3. The lowest BCUT2D eigenvalue weighted by Gasteiger charge is -2.06. The zero-order valence-electron chi connectivity index (χ0n) is 14.7. The molecule has 25 heavy (non-hydrogen) atoms. The van der Waals surface area contributed by atoms with Crippen LogP contribution in [0.5, 0.6) is 0 Å². The molecule has 0 spiro atoms. The predicted molar refractivity (Wildman–Crippen MR) is 98.3 cm³/mol. The maximum Gasteiger partial charge on any atom is 0.309 e. The molecule has 0 aliphatic carbocycles. The molecule has 0 aliphatic heterocycles. The van der Waals surface area contributed by atoms with E-state index in [4.69, 9.17) is 0 Å². The Bertz CT molecular complexity index is 791. The first-order valence-corrected chi connectivity index (χ1v) is 10.00. The van der Waals surface area contributed by atoms with E-state index >= 15 is 0 Å². The van der Waals surface area contributed by atoms with Crippen LogP contribution in [0, 0.1) is 6.92 Å². The molecule has 0 saturated heterocycles. The Hall–Kier alpha value is -2.14. The zero-order valence-corrected chi connectivity index (χ0v) is 15.5. The number of rotatable bonds is 8. The van der Waals surface area contributed by atoms with Crippen LogP contribution in [-0.2, 0) is 32.2 Å². The van der Waals surface area contributed by atoms with E-state index in [1.54, 1.807) is 12.1 Å². The Morgan fingerprint density at radius 2 is 1.52 bits per heavy atom. The number of aryl methyl sites for hydroxylation is 2. The highest BCUT2D eigenvalue weighted by Gasteiger charge is 2.13. The summed E-state index contributed by atoms with van der Waals surface area (Å²) in [5, 5.41) is 0. The van der Waals surface area contributed by atoms with Gasteiger partial charge in [-0.3, -0.25) is 4.79 Å². The van der Waals surface area contributed by atoms with Gasteiger partial charge in [-0.1, -0.05) is 42.0 Å². The number of esters is 1. The van der Waals surface area contributed by atoms with Gasteiger partial charge in [0.15, 0.2) is 9.84 Å². The molecule has 0 radical (unpaired) electrons. The van der Waals surface area contributed by atoms with Crippen LogP contribution in [0.4, 0.5) is 0 Å². The van der Waals surface area contributed by atoms with E-state index < -0.39 is 9.84 Å². The molecule has 0 saturated carbocycles. The van der Waals surface area contributed by atoms with Gasteiger partial charge in [0, 0.05) is 0 Å². The molecule has 0 N–H and O–H groups in total. The average Bonchev–Trinajstić information content (AvgIpc) is 2.60. The number of carbonyl (C=O) groups is 1. The highest BCUT2D eigenvalue weighted by Crippen LogP contribution is 2.15. The molecule has 2 aromatic carbocycles. The summed E-state index contributed by atoms with van der Waals surface area (Å²) in [6.45, 7) is 1.94. The minimum absolute atomic E-state index is 0.163. The number of methoxy groups -OCH3 is 1. The highest BCUT2D eigenvalue weighted by molar-refractivity contribution is 7.91. The van der Waals surface area contributed by atoms with Crippen molar-refractivity contribution >= 4 is 15.8 Å². The minimum Gasteiger partial charge on any atom is -0.469 e. The molecule has 2 aromatic rings. The Balaban J connectivity index is 1.80. The van der Waals surface area contributed by atoms with Crippen LogP contribution in [0.25, 0.3) is 0 Å². The summed E-state index contributed by atoms with van der Waals surface area (Å²) in [5.74, 6) is -0.0923. The Morgan fingerprint density at radius 1 is 0.920 bits per heavy atom. The normalized spacial score (nSPS) is 11.3. The van der Waals surface area contributed by atoms with E-state index in [0.717, 1.165) is 29.5 Å². The van der Waals surface area contributed by atoms with Crippen molar-refractivity contribution in [2.75, 3.05) is 12.9 Å². The van der Waals surface area contributed by atoms with Crippen molar-refractivity contribution in [3.63, 3.8) is 0 Å². The Kier molecular flexibility index (Phi) is 6.76. The van der Waals surface area contributed by atoms with Gasteiger partial charge in [0.05, 0.1) is 24.2 Å². The zero-order chi connectivity index (χ0) is 18.3. The van der Waals surface area contributed by atoms with E-state index in [1.807, 2.05) is 43.3 Å². The van der Waals surface area contributed by atoms with Crippen molar-refractivity contribution in [2.45, 2.75) is 37.5 Å². The van der Waals surface area contributed by atoms with Crippen molar-refractivity contribution in [1.29, 1.82) is 0 Å². The first-order valence-electron chi connectivity index (χ1n) is 8.35. The fraction of sp³-hybridized carbons (Fsp3) is 0.350. The van der Waals surface area contributed by atoms with E-state index in [-0.39, 0.29) is 18.1 Å². The van der Waals surface area contributed by atoms with Crippen molar-refractivity contribution in [3.8, 4) is 0 Å². The summed E-state index contributed by atoms with van der Waals surface area (Å²) in [4.78, 5) is 11.6. The second kappa shape index (κ2) is 8.81. The molecule has 0 aromatic heterocycles. The number of unbranched alkanes of at least 4 members (excludes halogenated alkanes) is 1. The van der Waals surface area contributed by atoms with Gasteiger partial charge in [-0.25, -0.2) is 8.42 Å². The molecule has 134 valence electrons. The van der Waals surface area contributed by atoms with Crippen molar-refractivity contribution < 1.29 is 17.9 Å². The van der Waals surface area contributed by atoms with Crippen LogP contribution in [0.1, 0.15) is 29.5 Å². The lowest BCUT2D eigenvalue weighted by Crippen LogP contribution is -2.07.